The second kappa shape index (κ2) is 5.90. The van der Waals surface area contributed by atoms with Gasteiger partial charge in [0.1, 0.15) is 11.5 Å². The molecule has 0 unspecified atom stereocenters. The Bertz CT molecular complexity index is 806. The summed E-state index contributed by atoms with van der Waals surface area (Å²) in [5, 5.41) is 11.3. The van der Waals surface area contributed by atoms with Crippen LogP contribution in [0.4, 0.5) is 0 Å². The summed E-state index contributed by atoms with van der Waals surface area (Å²) in [6, 6.07) is 21.2. The van der Waals surface area contributed by atoms with Crippen LogP contribution >= 0.6 is 0 Å². The molecule has 0 radical (unpaired) electrons. The van der Waals surface area contributed by atoms with Gasteiger partial charge >= 0.3 is 5.97 Å². The normalized spacial score (nSPS) is 12.0. The highest BCUT2D eigenvalue weighted by Gasteiger charge is 2.13. The number of hydrogen-bond donors (Lipinski definition) is 1. The van der Waals surface area contributed by atoms with E-state index in [9.17, 15) is 4.79 Å². The summed E-state index contributed by atoms with van der Waals surface area (Å²) < 4.78 is 5.83. The quantitative estimate of drug-likeness (QED) is 0.750. The van der Waals surface area contributed by atoms with E-state index in [4.69, 9.17) is 9.84 Å². The van der Waals surface area contributed by atoms with Crippen molar-refractivity contribution in [1.29, 1.82) is 0 Å². The molecule has 3 aromatic carbocycles. The molecule has 0 aliphatic rings. The lowest BCUT2D eigenvalue weighted by atomic mass is 10.0. The fraction of sp³-hybridized carbons (Fsp3) is 0.105. The van der Waals surface area contributed by atoms with Crippen molar-refractivity contribution in [3.05, 3.63) is 72.3 Å². The van der Waals surface area contributed by atoms with E-state index in [1.165, 1.54) is 5.39 Å². The summed E-state index contributed by atoms with van der Waals surface area (Å²) in [6.07, 6.45) is 0. The summed E-state index contributed by atoms with van der Waals surface area (Å²) in [4.78, 5) is 11.0. The first-order valence-corrected chi connectivity index (χ1v) is 7.13. The van der Waals surface area contributed by atoms with Gasteiger partial charge in [-0.25, -0.2) is 0 Å². The largest absolute Gasteiger partial charge is 0.481 e. The summed E-state index contributed by atoms with van der Waals surface area (Å²) in [5.41, 5.74) is 0.762. The minimum Gasteiger partial charge on any atom is -0.481 e. The average Bonchev–Trinajstić information content (AvgIpc) is 2.55. The number of hydrogen-bond acceptors (Lipinski definition) is 2. The van der Waals surface area contributed by atoms with Gasteiger partial charge in [-0.1, -0.05) is 42.5 Å². The second-order valence-electron chi connectivity index (χ2n) is 5.24. The maximum absolute atomic E-state index is 11.0. The van der Waals surface area contributed by atoms with Crippen molar-refractivity contribution >= 4 is 16.7 Å². The van der Waals surface area contributed by atoms with Gasteiger partial charge in [-0.2, -0.15) is 0 Å². The monoisotopic (exact) mass is 292 g/mol. The lowest BCUT2D eigenvalue weighted by Crippen LogP contribution is -2.06. The number of aliphatic carboxylic acids is 1. The maximum atomic E-state index is 11.0. The Morgan fingerprint density at radius 1 is 0.909 bits per heavy atom. The van der Waals surface area contributed by atoms with Gasteiger partial charge in [0.15, 0.2) is 0 Å². The van der Waals surface area contributed by atoms with Crippen molar-refractivity contribution in [1.82, 2.24) is 0 Å². The molecule has 1 N–H and O–H groups in total. The third-order valence-electron chi connectivity index (χ3n) is 3.71. The molecular weight excluding hydrogens is 276 g/mol. The van der Waals surface area contributed by atoms with Gasteiger partial charge in [-0.15, -0.1) is 0 Å². The number of rotatable bonds is 4. The summed E-state index contributed by atoms with van der Waals surface area (Å²) >= 11 is 0. The minimum absolute atomic E-state index is 0.519. The third-order valence-corrected chi connectivity index (χ3v) is 3.71. The SMILES string of the molecule is C[C@@H](C(=O)O)c1ccc(Oc2ccc3ccccc3c2)cc1. The first-order chi connectivity index (χ1) is 10.6. The van der Waals surface area contributed by atoms with E-state index in [1.807, 2.05) is 36.4 Å². The van der Waals surface area contributed by atoms with Crippen molar-refractivity contribution in [2.75, 3.05) is 0 Å². The van der Waals surface area contributed by atoms with Crippen LogP contribution in [-0.2, 0) is 4.79 Å². The number of fused-ring (bicyclic) bond motifs is 1. The molecule has 0 aliphatic carbocycles. The Morgan fingerprint density at radius 2 is 1.55 bits per heavy atom. The Labute approximate surface area is 128 Å². The van der Waals surface area contributed by atoms with Crippen molar-refractivity contribution in [2.45, 2.75) is 12.8 Å². The van der Waals surface area contributed by atoms with E-state index >= 15 is 0 Å². The van der Waals surface area contributed by atoms with Crippen molar-refractivity contribution in [3.63, 3.8) is 0 Å². The van der Waals surface area contributed by atoms with E-state index < -0.39 is 11.9 Å². The molecule has 0 fully saturated rings. The van der Waals surface area contributed by atoms with E-state index in [2.05, 4.69) is 6.07 Å². The first kappa shape index (κ1) is 14.1. The molecule has 3 nitrogen and oxygen atoms in total. The van der Waals surface area contributed by atoms with E-state index in [1.54, 1.807) is 31.2 Å². The lowest BCUT2D eigenvalue weighted by molar-refractivity contribution is -0.138. The van der Waals surface area contributed by atoms with Crippen molar-refractivity contribution < 1.29 is 14.6 Å². The number of benzene rings is 3. The smallest absolute Gasteiger partial charge is 0.310 e. The fourth-order valence-corrected chi connectivity index (χ4v) is 2.33. The standard InChI is InChI=1S/C19H16O3/c1-13(19(20)21)14-6-9-17(10-7-14)22-18-11-8-15-4-2-3-5-16(15)12-18/h2-13H,1H3,(H,20,21)/t13-/m1/s1. The number of carboxylic acids is 1. The summed E-state index contributed by atoms with van der Waals surface area (Å²) in [7, 11) is 0. The first-order valence-electron chi connectivity index (χ1n) is 7.13. The molecule has 0 saturated carbocycles. The van der Waals surface area contributed by atoms with Crippen LogP contribution in [0.3, 0.4) is 0 Å². The molecule has 0 amide bonds. The predicted octanol–water partition coefficient (Wildman–Crippen LogP) is 4.82. The Hall–Kier alpha value is -2.81. The van der Waals surface area contributed by atoms with Crippen LogP contribution in [0, 0.1) is 0 Å². The van der Waals surface area contributed by atoms with Crippen LogP contribution in [0.2, 0.25) is 0 Å². The zero-order valence-electron chi connectivity index (χ0n) is 12.2. The molecule has 0 bridgehead atoms. The minimum atomic E-state index is -0.830. The van der Waals surface area contributed by atoms with Gasteiger partial charge < -0.3 is 9.84 Å². The van der Waals surface area contributed by atoms with Crippen LogP contribution in [0.1, 0.15) is 18.4 Å². The van der Waals surface area contributed by atoms with Gasteiger partial charge in [-0.3, -0.25) is 4.79 Å². The van der Waals surface area contributed by atoms with Crippen LogP contribution < -0.4 is 4.74 Å². The molecule has 1 atom stereocenters. The highest BCUT2D eigenvalue weighted by Crippen LogP contribution is 2.27. The van der Waals surface area contributed by atoms with Crippen LogP contribution in [0.15, 0.2) is 66.7 Å². The zero-order chi connectivity index (χ0) is 15.5. The van der Waals surface area contributed by atoms with Gasteiger partial charge in [0.2, 0.25) is 0 Å². The number of carboxylic acid groups (broad SMARTS) is 1. The van der Waals surface area contributed by atoms with Crippen LogP contribution in [-0.4, -0.2) is 11.1 Å². The Kier molecular flexibility index (Phi) is 3.79. The van der Waals surface area contributed by atoms with E-state index in [-0.39, 0.29) is 0 Å². The Balaban J connectivity index is 1.81. The molecule has 0 heterocycles. The van der Waals surface area contributed by atoms with Gasteiger partial charge in [0, 0.05) is 0 Å². The summed E-state index contributed by atoms with van der Waals surface area (Å²) in [6.45, 7) is 1.67. The van der Waals surface area contributed by atoms with Gasteiger partial charge in [-0.05, 0) is 47.5 Å². The van der Waals surface area contributed by atoms with E-state index in [0.717, 1.165) is 16.7 Å². The van der Waals surface area contributed by atoms with E-state index in [0.29, 0.717) is 5.75 Å². The molecule has 3 aromatic rings. The van der Waals surface area contributed by atoms with Crippen molar-refractivity contribution in [3.8, 4) is 11.5 Å². The number of ether oxygens (including phenoxy) is 1. The molecule has 110 valence electrons. The predicted molar refractivity (Wildman–Crippen MR) is 86.5 cm³/mol. The van der Waals surface area contributed by atoms with Crippen LogP contribution in [0.5, 0.6) is 11.5 Å². The Morgan fingerprint density at radius 3 is 2.23 bits per heavy atom. The molecule has 22 heavy (non-hydrogen) atoms. The van der Waals surface area contributed by atoms with Gasteiger partial charge in [0.05, 0.1) is 5.92 Å². The molecule has 0 aliphatic heterocycles. The summed E-state index contributed by atoms with van der Waals surface area (Å²) in [5.74, 6) is 0.104. The lowest BCUT2D eigenvalue weighted by Gasteiger charge is -2.09. The molecule has 3 heteroatoms. The highest BCUT2D eigenvalue weighted by atomic mass is 16.5. The zero-order valence-corrected chi connectivity index (χ0v) is 12.2. The maximum Gasteiger partial charge on any atom is 0.310 e. The molecule has 0 spiro atoms. The van der Waals surface area contributed by atoms with Gasteiger partial charge in [0.25, 0.3) is 0 Å². The van der Waals surface area contributed by atoms with Crippen molar-refractivity contribution in [2.24, 2.45) is 0 Å². The van der Waals surface area contributed by atoms with Crippen LogP contribution in [0.25, 0.3) is 10.8 Å². The molecular formula is C19H16O3. The highest BCUT2D eigenvalue weighted by molar-refractivity contribution is 5.83. The molecule has 3 rings (SSSR count). The third kappa shape index (κ3) is 2.93. The fourth-order valence-electron chi connectivity index (χ4n) is 2.33. The number of carbonyl (C=O) groups is 1. The molecule has 0 saturated heterocycles. The second-order valence-corrected chi connectivity index (χ2v) is 5.24. The topological polar surface area (TPSA) is 46.5 Å². The average molecular weight is 292 g/mol. The molecule has 0 aromatic heterocycles.